The van der Waals surface area contributed by atoms with Gasteiger partial charge in [-0.3, -0.25) is 9.69 Å². The van der Waals surface area contributed by atoms with Gasteiger partial charge in [0.15, 0.2) is 9.84 Å². The van der Waals surface area contributed by atoms with Crippen LogP contribution in [0.4, 0.5) is 0 Å². The first-order valence-electron chi connectivity index (χ1n) is 5.43. The largest absolute Gasteiger partial charge is 0.354 e. The molecule has 0 aliphatic carbocycles. The van der Waals surface area contributed by atoms with Gasteiger partial charge in [-0.15, -0.1) is 0 Å². The Labute approximate surface area is 96.1 Å². The number of sulfone groups is 1. The summed E-state index contributed by atoms with van der Waals surface area (Å²) < 4.78 is 22.7. The van der Waals surface area contributed by atoms with Gasteiger partial charge in [0.05, 0.1) is 18.1 Å². The summed E-state index contributed by atoms with van der Waals surface area (Å²) in [5.74, 6) is 0.287. The van der Waals surface area contributed by atoms with Crippen molar-refractivity contribution in [3.8, 4) is 0 Å². The quantitative estimate of drug-likeness (QED) is 0.612. The molecule has 3 N–H and O–H groups in total. The lowest BCUT2D eigenvalue weighted by atomic mass is 10.4. The molecular formula is C9H19N3O3S. The topological polar surface area (TPSA) is 92.5 Å². The van der Waals surface area contributed by atoms with Gasteiger partial charge in [0.25, 0.3) is 0 Å². The first-order valence-corrected chi connectivity index (χ1v) is 7.25. The van der Waals surface area contributed by atoms with E-state index in [1.54, 1.807) is 0 Å². The Hall–Kier alpha value is -0.660. The standard InChI is InChI=1S/C9H19N3O3S/c10-2-3-11-9(13)8-12-4-1-6-16(14,15)7-5-12/h1-8,10H2,(H,11,13). The molecule has 0 unspecified atom stereocenters. The molecule has 0 atom stereocenters. The second-order valence-corrected chi connectivity index (χ2v) is 6.22. The van der Waals surface area contributed by atoms with Crippen molar-refractivity contribution in [3.05, 3.63) is 0 Å². The summed E-state index contributed by atoms with van der Waals surface area (Å²) in [6, 6.07) is 0. The number of carbonyl (C=O) groups excluding carboxylic acids is 1. The summed E-state index contributed by atoms with van der Waals surface area (Å²) in [6.45, 7) is 2.24. The predicted molar refractivity (Wildman–Crippen MR) is 61.8 cm³/mol. The third-order valence-electron chi connectivity index (χ3n) is 2.48. The molecule has 94 valence electrons. The lowest BCUT2D eigenvalue weighted by Gasteiger charge is -2.18. The van der Waals surface area contributed by atoms with Gasteiger partial charge < -0.3 is 11.1 Å². The van der Waals surface area contributed by atoms with Gasteiger partial charge in [-0.25, -0.2) is 8.42 Å². The van der Waals surface area contributed by atoms with Crippen LogP contribution in [0.15, 0.2) is 0 Å². The van der Waals surface area contributed by atoms with Crippen molar-refractivity contribution in [3.63, 3.8) is 0 Å². The molecule has 1 aliphatic rings. The van der Waals surface area contributed by atoms with Gasteiger partial charge >= 0.3 is 0 Å². The summed E-state index contributed by atoms with van der Waals surface area (Å²) in [6.07, 6.45) is 0.604. The Morgan fingerprint density at radius 2 is 2.06 bits per heavy atom. The number of hydrogen-bond donors (Lipinski definition) is 2. The van der Waals surface area contributed by atoms with Crippen molar-refractivity contribution in [1.29, 1.82) is 0 Å². The van der Waals surface area contributed by atoms with E-state index in [4.69, 9.17) is 5.73 Å². The Kier molecular flexibility index (Phi) is 5.17. The molecule has 0 bridgehead atoms. The van der Waals surface area contributed by atoms with E-state index in [1.165, 1.54) is 0 Å². The van der Waals surface area contributed by atoms with Crippen LogP contribution in [-0.4, -0.2) is 63.5 Å². The average molecular weight is 249 g/mol. The normalized spacial score (nSPS) is 21.3. The van der Waals surface area contributed by atoms with Crippen LogP contribution >= 0.6 is 0 Å². The molecule has 1 saturated heterocycles. The third-order valence-corrected chi connectivity index (χ3v) is 4.20. The van der Waals surface area contributed by atoms with Crippen molar-refractivity contribution in [2.75, 3.05) is 44.2 Å². The zero-order valence-corrected chi connectivity index (χ0v) is 10.1. The summed E-state index contributed by atoms with van der Waals surface area (Å²) in [5.41, 5.74) is 5.26. The molecule has 0 saturated carbocycles. The number of nitrogens with one attached hydrogen (secondary N) is 1. The molecule has 1 fully saturated rings. The average Bonchev–Trinajstić information content (AvgIpc) is 2.37. The van der Waals surface area contributed by atoms with Crippen LogP contribution in [0.25, 0.3) is 0 Å². The van der Waals surface area contributed by atoms with Crippen LogP contribution in [0.3, 0.4) is 0 Å². The Morgan fingerprint density at radius 3 is 2.75 bits per heavy atom. The number of hydrogen-bond acceptors (Lipinski definition) is 5. The van der Waals surface area contributed by atoms with E-state index in [2.05, 4.69) is 5.32 Å². The highest BCUT2D eigenvalue weighted by atomic mass is 32.2. The molecule has 0 aromatic heterocycles. The van der Waals surface area contributed by atoms with Crippen LogP contribution < -0.4 is 11.1 Å². The maximum absolute atomic E-state index is 11.4. The minimum absolute atomic E-state index is 0.0928. The smallest absolute Gasteiger partial charge is 0.234 e. The van der Waals surface area contributed by atoms with Gasteiger partial charge in [0.2, 0.25) is 5.91 Å². The summed E-state index contributed by atoms with van der Waals surface area (Å²) >= 11 is 0. The molecule has 0 aromatic carbocycles. The van der Waals surface area contributed by atoms with E-state index in [1.807, 2.05) is 4.90 Å². The van der Waals surface area contributed by atoms with Crippen molar-refractivity contribution >= 4 is 15.7 Å². The first-order chi connectivity index (χ1) is 7.53. The van der Waals surface area contributed by atoms with Gasteiger partial charge in [0.1, 0.15) is 0 Å². The predicted octanol–water partition coefficient (Wildman–Crippen LogP) is -1.82. The molecular weight excluding hydrogens is 230 g/mol. The van der Waals surface area contributed by atoms with Crippen LogP contribution in [0.1, 0.15) is 6.42 Å². The van der Waals surface area contributed by atoms with Crippen LogP contribution in [0.5, 0.6) is 0 Å². The molecule has 1 aliphatic heterocycles. The number of nitrogens with two attached hydrogens (primary N) is 1. The van der Waals surface area contributed by atoms with Crippen LogP contribution in [0.2, 0.25) is 0 Å². The minimum atomic E-state index is -2.90. The zero-order valence-electron chi connectivity index (χ0n) is 9.31. The van der Waals surface area contributed by atoms with Crippen LogP contribution in [-0.2, 0) is 14.6 Å². The van der Waals surface area contributed by atoms with E-state index >= 15 is 0 Å². The van der Waals surface area contributed by atoms with Gasteiger partial charge in [-0.2, -0.15) is 0 Å². The Morgan fingerprint density at radius 1 is 1.31 bits per heavy atom. The molecule has 1 amide bonds. The fourth-order valence-corrected chi connectivity index (χ4v) is 2.93. The maximum Gasteiger partial charge on any atom is 0.234 e. The summed E-state index contributed by atoms with van der Waals surface area (Å²) in [7, 11) is -2.90. The monoisotopic (exact) mass is 249 g/mol. The molecule has 0 radical (unpaired) electrons. The second kappa shape index (κ2) is 6.17. The maximum atomic E-state index is 11.4. The minimum Gasteiger partial charge on any atom is -0.354 e. The number of rotatable bonds is 4. The fourth-order valence-electron chi connectivity index (χ4n) is 1.62. The van der Waals surface area contributed by atoms with E-state index in [-0.39, 0.29) is 24.0 Å². The van der Waals surface area contributed by atoms with Crippen molar-refractivity contribution in [2.45, 2.75) is 6.42 Å². The van der Waals surface area contributed by atoms with Gasteiger partial charge in [-0.1, -0.05) is 0 Å². The molecule has 16 heavy (non-hydrogen) atoms. The molecule has 1 heterocycles. The summed E-state index contributed by atoms with van der Waals surface area (Å²) in [5, 5.41) is 2.67. The van der Waals surface area contributed by atoms with Gasteiger partial charge in [-0.05, 0) is 13.0 Å². The van der Waals surface area contributed by atoms with Crippen LogP contribution in [0, 0.1) is 0 Å². The third kappa shape index (κ3) is 4.91. The Balaban J connectivity index is 2.35. The summed E-state index contributed by atoms with van der Waals surface area (Å²) in [4.78, 5) is 13.3. The van der Waals surface area contributed by atoms with Gasteiger partial charge in [0, 0.05) is 19.6 Å². The SMILES string of the molecule is NCCNC(=O)CN1CCCS(=O)(=O)CC1. The second-order valence-electron chi connectivity index (χ2n) is 3.92. The van der Waals surface area contributed by atoms with Crippen molar-refractivity contribution in [1.82, 2.24) is 10.2 Å². The molecule has 6 nitrogen and oxygen atoms in total. The fraction of sp³-hybridized carbons (Fsp3) is 0.889. The van der Waals surface area contributed by atoms with E-state index < -0.39 is 9.84 Å². The molecule has 0 aromatic rings. The highest BCUT2D eigenvalue weighted by Gasteiger charge is 2.20. The van der Waals surface area contributed by atoms with Crippen molar-refractivity contribution < 1.29 is 13.2 Å². The lowest BCUT2D eigenvalue weighted by Crippen LogP contribution is -2.40. The van der Waals surface area contributed by atoms with E-state index in [0.29, 0.717) is 32.6 Å². The highest BCUT2D eigenvalue weighted by molar-refractivity contribution is 7.91. The Bertz CT molecular complexity index is 329. The lowest BCUT2D eigenvalue weighted by molar-refractivity contribution is -0.122. The first kappa shape index (κ1) is 13.4. The highest BCUT2D eigenvalue weighted by Crippen LogP contribution is 2.04. The van der Waals surface area contributed by atoms with Crippen molar-refractivity contribution in [2.24, 2.45) is 5.73 Å². The molecule has 0 spiro atoms. The number of amides is 1. The zero-order chi connectivity index (χ0) is 12.0. The molecule has 7 heteroatoms. The van der Waals surface area contributed by atoms with E-state index in [0.717, 1.165) is 0 Å². The number of carbonyl (C=O) groups is 1. The molecule has 1 rings (SSSR count). The van der Waals surface area contributed by atoms with E-state index in [9.17, 15) is 13.2 Å². The number of nitrogens with zero attached hydrogens (tertiary/aromatic N) is 1.